The molecule has 0 aliphatic rings. The van der Waals surface area contributed by atoms with E-state index < -0.39 is 12.1 Å². The number of ether oxygens (including phenoxy) is 2. The van der Waals surface area contributed by atoms with Gasteiger partial charge in [-0.1, -0.05) is 43.1 Å². The Hall–Kier alpha value is -3.84. The number of hydrogen-bond donors (Lipinski definition) is 1. The Labute approximate surface area is 251 Å². The van der Waals surface area contributed by atoms with E-state index in [0.717, 1.165) is 58.1 Å². The van der Waals surface area contributed by atoms with Crippen molar-refractivity contribution in [3.05, 3.63) is 98.9 Å². The summed E-state index contributed by atoms with van der Waals surface area (Å²) in [7, 11) is 3.29. The zero-order chi connectivity index (χ0) is 30.6. The molecule has 0 radical (unpaired) electrons. The summed E-state index contributed by atoms with van der Waals surface area (Å²) in [5.41, 5.74) is 6.30. The number of nitrogens with zero attached hydrogens (tertiary/aromatic N) is 1. The van der Waals surface area contributed by atoms with E-state index in [9.17, 15) is 14.0 Å². The Balaban J connectivity index is 1.56. The molecule has 1 heterocycles. The van der Waals surface area contributed by atoms with E-state index in [2.05, 4.69) is 16.8 Å². The van der Waals surface area contributed by atoms with Gasteiger partial charge in [-0.05, 0) is 98.7 Å². The van der Waals surface area contributed by atoms with Crippen LogP contribution in [0.2, 0.25) is 5.02 Å². The quantitative estimate of drug-likeness (QED) is 0.182. The second-order valence-electron chi connectivity index (χ2n) is 10.8. The highest BCUT2D eigenvalue weighted by atomic mass is 35.5. The molecule has 2 atom stereocenters. The SMILES string of the molecule is CCCCc1cc(F)cc([C@H](C)NC(=O)c2ccc3c(Cc4ccc(Cl)c(O[C@H](C)C(=O)OC)c4)c(C)n(C)c3c2)c1. The van der Waals surface area contributed by atoms with Crippen molar-refractivity contribution in [2.45, 2.75) is 65.5 Å². The van der Waals surface area contributed by atoms with Crippen LogP contribution in [0, 0.1) is 12.7 Å². The molecule has 0 unspecified atom stereocenters. The minimum Gasteiger partial charge on any atom is -0.477 e. The van der Waals surface area contributed by atoms with Crippen molar-refractivity contribution in [2.24, 2.45) is 7.05 Å². The minimum atomic E-state index is -0.793. The first-order valence-electron chi connectivity index (χ1n) is 14.2. The number of carbonyl (C=O) groups is 2. The van der Waals surface area contributed by atoms with Gasteiger partial charge in [0.15, 0.2) is 6.10 Å². The summed E-state index contributed by atoms with van der Waals surface area (Å²) in [5.74, 6) is -0.578. The summed E-state index contributed by atoms with van der Waals surface area (Å²) in [5, 5.41) is 4.47. The summed E-state index contributed by atoms with van der Waals surface area (Å²) in [6.45, 7) is 7.64. The maximum Gasteiger partial charge on any atom is 0.346 e. The third-order valence-corrected chi connectivity index (χ3v) is 8.06. The molecule has 0 aliphatic heterocycles. The number of amides is 1. The number of aromatic nitrogens is 1. The van der Waals surface area contributed by atoms with Gasteiger partial charge in [0.25, 0.3) is 5.91 Å². The first kappa shape index (κ1) is 31.1. The van der Waals surface area contributed by atoms with Crippen LogP contribution in [0.25, 0.3) is 10.9 Å². The molecule has 222 valence electrons. The van der Waals surface area contributed by atoms with Crippen LogP contribution in [-0.2, 0) is 29.4 Å². The van der Waals surface area contributed by atoms with Gasteiger partial charge < -0.3 is 19.4 Å². The fourth-order valence-corrected chi connectivity index (χ4v) is 5.34. The van der Waals surface area contributed by atoms with E-state index in [1.165, 1.54) is 13.2 Å². The minimum absolute atomic E-state index is 0.219. The lowest BCUT2D eigenvalue weighted by molar-refractivity contribution is -0.147. The van der Waals surface area contributed by atoms with E-state index in [1.807, 2.05) is 57.3 Å². The number of rotatable bonds is 11. The lowest BCUT2D eigenvalue weighted by atomic mass is 10.00. The smallest absolute Gasteiger partial charge is 0.346 e. The molecule has 0 saturated carbocycles. The number of fused-ring (bicyclic) bond motifs is 1. The predicted octanol–water partition coefficient (Wildman–Crippen LogP) is 7.64. The van der Waals surface area contributed by atoms with Gasteiger partial charge in [-0.3, -0.25) is 4.79 Å². The molecule has 1 amide bonds. The molecule has 1 N–H and O–H groups in total. The molecule has 0 spiro atoms. The van der Waals surface area contributed by atoms with Crippen molar-refractivity contribution < 1.29 is 23.5 Å². The Kier molecular flexibility index (Phi) is 9.94. The van der Waals surface area contributed by atoms with Gasteiger partial charge >= 0.3 is 5.97 Å². The zero-order valence-electron chi connectivity index (χ0n) is 25.0. The monoisotopic (exact) mass is 592 g/mol. The Morgan fingerprint density at radius 2 is 1.81 bits per heavy atom. The Morgan fingerprint density at radius 3 is 2.52 bits per heavy atom. The van der Waals surface area contributed by atoms with Gasteiger partial charge in [-0.2, -0.15) is 0 Å². The fourth-order valence-electron chi connectivity index (χ4n) is 5.18. The molecule has 0 aliphatic carbocycles. The summed E-state index contributed by atoms with van der Waals surface area (Å²) in [6.07, 6.45) is 2.64. The molecule has 1 aromatic heterocycles. The van der Waals surface area contributed by atoms with Crippen molar-refractivity contribution in [2.75, 3.05) is 7.11 Å². The first-order chi connectivity index (χ1) is 20.0. The molecule has 4 rings (SSSR count). The number of hydrogen-bond acceptors (Lipinski definition) is 4. The standard InChI is InChI=1S/C34H38ClFN2O4/c1-7-8-9-23-14-26(18-27(36)15-23)20(2)37-33(39)25-11-12-28-29(21(3)38(5)31(28)19-25)16-24-10-13-30(35)32(17-24)42-22(4)34(40)41-6/h10-15,17-20,22H,7-9,16H2,1-6H3,(H,37,39)/t20-,22+/m0/s1. The van der Waals surface area contributed by atoms with Crippen molar-refractivity contribution >= 4 is 34.4 Å². The molecule has 0 saturated heterocycles. The fraction of sp³-hybridized carbons (Fsp3) is 0.353. The topological polar surface area (TPSA) is 69.6 Å². The van der Waals surface area contributed by atoms with Crippen LogP contribution in [0.15, 0.2) is 54.6 Å². The predicted molar refractivity (Wildman–Crippen MR) is 165 cm³/mol. The van der Waals surface area contributed by atoms with Crippen LogP contribution in [0.3, 0.4) is 0 Å². The number of nitrogens with one attached hydrogen (secondary N) is 1. The highest BCUT2D eigenvalue weighted by Crippen LogP contribution is 2.32. The summed E-state index contributed by atoms with van der Waals surface area (Å²) < 4.78 is 26.9. The maximum absolute atomic E-state index is 14.3. The van der Waals surface area contributed by atoms with Crippen LogP contribution in [0.5, 0.6) is 5.75 Å². The lowest BCUT2D eigenvalue weighted by Crippen LogP contribution is -2.26. The summed E-state index contributed by atoms with van der Waals surface area (Å²) >= 11 is 6.34. The maximum atomic E-state index is 14.3. The average molecular weight is 593 g/mol. The van der Waals surface area contributed by atoms with Crippen LogP contribution >= 0.6 is 11.6 Å². The molecule has 8 heteroatoms. The van der Waals surface area contributed by atoms with Gasteiger partial charge in [0.1, 0.15) is 11.6 Å². The number of unbranched alkanes of at least 4 members (excludes halogenated alkanes) is 1. The molecular formula is C34H38ClFN2O4. The van der Waals surface area contributed by atoms with Crippen LogP contribution < -0.4 is 10.1 Å². The highest BCUT2D eigenvalue weighted by molar-refractivity contribution is 6.32. The second-order valence-corrected chi connectivity index (χ2v) is 11.2. The number of methoxy groups -OCH3 is 1. The van der Waals surface area contributed by atoms with Crippen LogP contribution in [-0.4, -0.2) is 29.7 Å². The van der Waals surface area contributed by atoms with Crippen LogP contribution in [0.1, 0.15) is 78.0 Å². The Morgan fingerprint density at radius 1 is 1.05 bits per heavy atom. The van der Waals surface area contributed by atoms with Crippen molar-refractivity contribution in [3.8, 4) is 5.75 Å². The number of esters is 1. The van der Waals surface area contributed by atoms with Gasteiger partial charge in [0.2, 0.25) is 0 Å². The van der Waals surface area contributed by atoms with Crippen molar-refractivity contribution in [1.82, 2.24) is 9.88 Å². The molecular weight excluding hydrogens is 555 g/mol. The molecule has 3 aromatic carbocycles. The van der Waals surface area contributed by atoms with Gasteiger partial charge in [0, 0.05) is 29.2 Å². The van der Waals surface area contributed by atoms with E-state index in [4.69, 9.17) is 21.1 Å². The molecule has 0 bridgehead atoms. The van der Waals surface area contributed by atoms with Crippen molar-refractivity contribution in [1.29, 1.82) is 0 Å². The Bertz CT molecular complexity index is 1610. The third kappa shape index (κ3) is 6.96. The number of aryl methyl sites for hydroxylation is 2. The first-order valence-corrected chi connectivity index (χ1v) is 14.6. The van der Waals surface area contributed by atoms with Crippen LogP contribution in [0.4, 0.5) is 4.39 Å². The van der Waals surface area contributed by atoms with Gasteiger partial charge in [-0.25, -0.2) is 9.18 Å². The number of halogens is 2. The lowest BCUT2D eigenvalue weighted by Gasteiger charge is -2.16. The number of carbonyl (C=O) groups excluding carboxylic acids is 2. The second kappa shape index (κ2) is 13.4. The van der Waals surface area contributed by atoms with Gasteiger partial charge in [0.05, 0.1) is 18.2 Å². The third-order valence-electron chi connectivity index (χ3n) is 7.75. The molecule has 6 nitrogen and oxygen atoms in total. The molecule has 42 heavy (non-hydrogen) atoms. The van der Waals surface area contributed by atoms with Gasteiger partial charge in [-0.15, -0.1) is 0 Å². The highest BCUT2D eigenvalue weighted by Gasteiger charge is 2.20. The largest absolute Gasteiger partial charge is 0.477 e. The summed E-state index contributed by atoms with van der Waals surface area (Å²) in [6, 6.07) is 15.9. The molecule has 0 fully saturated rings. The van der Waals surface area contributed by atoms with E-state index in [-0.39, 0.29) is 17.8 Å². The van der Waals surface area contributed by atoms with E-state index in [1.54, 1.807) is 19.1 Å². The van der Waals surface area contributed by atoms with E-state index in [0.29, 0.717) is 22.8 Å². The molecule has 4 aromatic rings. The van der Waals surface area contributed by atoms with Crippen molar-refractivity contribution in [3.63, 3.8) is 0 Å². The van der Waals surface area contributed by atoms with E-state index >= 15 is 0 Å². The normalized spacial score (nSPS) is 12.7. The number of benzene rings is 3. The summed E-state index contributed by atoms with van der Waals surface area (Å²) in [4.78, 5) is 25.1. The zero-order valence-corrected chi connectivity index (χ0v) is 25.8. The average Bonchev–Trinajstić information content (AvgIpc) is 3.20.